The van der Waals surface area contributed by atoms with Crippen LogP contribution in [0, 0.1) is 5.92 Å². The van der Waals surface area contributed by atoms with Crippen molar-refractivity contribution in [3.05, 3.63) is 34.9 Å². The van der Waals surface area contributed by atoms with Crippen LogP contribution in [0.4, 0.5) is 0 Å². The quantitative estimate of drug-likeness (QED) is 0.854. The number of ether oxygens (including phenoxy) is 1. The largest absolute Gasteiger partial charge is 0.496 e. The number of methoxy groups -OCH3 is 1. The molecule has 122 valence electrons. The molecule has 1 fully saturated rings. The Balaban J connectivity index is 0.00000242. The molecule has 0 radical (unpaired) electrons. The molecule has 1 aromatic carbocycles. The maximum atomic E-state index is 12.2. The van der Waals surface area contributed by atoms with E-state index in [0.717, 1.165) is 31.5 Å². The van der Waals surface area contributed by atoms with E-state index in [1.165, 1.54) is 0 Å². The number of benzene rings is 1. The molecule has 1 aromatic rings. The molecule has 1 aliphatic heterocycles. The van der Waals surface area contributed by atoms with Crippen LogP contribution in [0.15, 0.2) is 24.3 Å². The second-order valence-electron chi connectivity index (χ2n) is 5.22. The Morgan fingerprint density at radius 2 is 2.14 bits per heavy atom. The van der Waals surface area contributed by atoms with Gasteiger partial charge in [0.2, 0.25) is 5.91 Å². The zero-order chi connectivity index (χ0) is 15.2. The monoisotopic (exact) mass is 344 g/mol. The average Bonchev–Trinajstić information content (AvgIpc) is 2.52. The first kappa shape index (κ1) is 18.8. The molecule has 1 heterocycles. The first-order valence-electron chi connectivity index (χ1n) is 7.14. The smallest absolute Gasteiger partial charge is 0.246 e. The molecule has 0 aromatic heterocycles. The summed E-state index contributed by atoms with van der Waals surface area (Å²) in [7, 11) is 1.60. The first-order valence-corrected chi connectivity index (χ1v) is 7.52. The van der Waals surface area contributed by atoms with Crippen molar-refractivity contribution in [2.24, 2.45) is 11.7 Å². The summed E-state index contributed by atoms with van der Waals surface area (Å²) < 4.78 is 5.26. The van der Waals surface area contributed by atoms with Crippen molar-refractivity contribution in [2.45, 2.75) is 12.8 Å². The van der Waals surface area contributed by atoms with E-state index < -0.39 is 0 Å². The summed E-state index contributed by atoms with van der Waals surface area (Å²) in [6.45, 7) is 2.26. The predicted molar refractivity (Wildman–Crippen MR) is 92.6 cm³/mol. The van der Waals surface area contributed by atoms with Crippen molar-refractivity contribution < 1.29 is 9.53 Å². The highest BCUT2D eigenvalue weighted by atomic mass is 35.5. The molecular formula is C16H22Cl2N2O2. The lowest BCUT2D eigenvalue weighted by Crippen LogP contribution is -2.39. The van der Waals surface area contributed by atoms with Crippen molar-refractivity contribution in [1.82, 2.24) is 4.90 Å². The summed E-state index contributed by atoms with van der Waals surface area (Å²) in [4.78, 5) is 14.0. The number of carbonyl (C=O) groups excluding carboxylic acids is 1. The van der Waals surface area contributed by atoms with Gasteiger partial charge in [-0.05, 0) is 49.6 Å². The van der Waals surface area contributed by atoms with Crippen LogP contribution in [-0.2, 0) is 4.79 Å². The van der Waals surface area contributed by atoms with Crippen molar-refractivity contribution in [1.29, 1.82) is 0 Å². The number of rotatable bonds is 4. The molecule has 1 amide bonds. The Kier molecular flexibility index (Phi) is 7.73. The molecule has 0 spiro atoms. The molecule has 22 heavy (non-hydrogen) atoms. The lowest BCUT2D eigenvalue weighted by atomic mass is 9.97. The lowest BCUT2D eigenvalue weighted by molar-refractivity contribution is -0.127. The third-order valence-electron chi connectivity index (χ3n) is 3.86. The number of halogens is 2. The van der Waals surface area contributed by atoms with Gasteiger partial charge in [-0.15, -0.1) is 12.4 Å². The fourth-order valence-electron chi connectivity index (χ4n) is 2.49. The second kappa shape index (κ2) is 9.03. The molecular weight excluding hydrogens is 323 g/mol. The van der Waals surface area contributed by atoms with E-state index in [4.69, 9.17) is 22.1 Å². The maximum Gasteiger partial charge on any atom is 0.246 e. The van der Waals surface area contributed by atoms with Crippen molar-refractivity contribution in [3.8, 4) is 5.75 Å². The molecule has 4 nitrogen and oxygen atoms in total. The third kappa shape index (κ3) is 4.90. The van der Waals surface area contributed by atoms with Gasteiger partial charge in [-0.25, -0.2) is 0 Å². The Hall–Kier alpha value is -1.23. The molecule has 1 saturated heterocycles. The minimum Gasteiger partial charge on any atom is -0.496 e. The highest BCUT2D eigenvalue weighted by Gasteiger charge is 2.20. The van der Waals surface area contributed by atoms with E-state index in [2.05, 4.69) is 0 Å². The summed E-state index contributed by atoms with van der Waals surface area (Å²) in [6, 6.07) is 5.33. The average molecular weight is 345 g/mol. The van der Waals surface area contributed by atoms with Gasteiger partial charge in [0.1, 0.15) is 5.75 Å². The summed E-state index contributed by atoms with van der Waals surface area (Å²) >= 11 is 5.97. The van der Waals surface area contributed by atoms with E-state index in [-0.39, 0.29) is 18.3 Å². The first-order chi connectivity index (χ1) is 10.1. The van der Waals surface area contributed by atoms with Gasteiger partial charge in [0.25, 0.3) is 0 Å². The van der Waals surface area contributed by atoms with Gasteiger partial charge < -0.3 is 15.4 Å². The van der Waals surface area contributed by atoms with Crippen LogP contribution >= 0.6 is 24.0 Å². The SMILES string of the molecule is COc1ccc(Cl)cc1C=CC(=O)N1CCC(CN)CC1.Cl. The Morgan fingerprint density at radius 1 is 1.45 bits per heavy atom. The Morgan fingerprint density at radius 3 is 2.73 bits per heavy atom. The second-order valence-corrected chi connectivity index (χ2v) is 5.66. The lowest BCUT2D eigenvalue weighted by Gasteiger charge is -2.30. The number of nitrogens with two attached hydrogens (primary N) is 1. The fourth-order valence-corrected chi connectivity index (χ4v) is 2.67. The molecule has 0 bridgehead atoms. The summed E-state index contributed by atoms with van der Waals surface area (Å²) in [5.74, 6) is 1.27. The minimum absolute atomic E-state index is 0. The van der Waals surface area contributed by atoms with Crippen LogP contribution in [-0.4, -0.2) is 37.6 Å². The molecule has 0 atom stereocenters. The standard InChI is InChI=1S/C16H21ClN2O2.ClH/c1-21-15-4-3-14(17)10-13(15)2-5-16(20)19-8-6-12(11-18)7-9-19;/h2-5,10,12H,6-9,11,18H2,1H3;1H. The molecule has 6 heteroatoms. The van der Waals surface area contributed by atoms with E-state index >= 15 is 0 Å². The van der Waals surface area contributed by atoms with Crippen LogP contribution in [0.2, 0.25) is 5.02 Å². The van der Waals surface area contributed by atoms with Crippen molar-refractivity contribution in [3.63, 3.8) is 0 Å². The number of likely N-dealkylation sites (tertiary alicyclic amines) is 1. The maximum absolute atomic E-state index is 12.2. The van der Waals surface area contributed by atoms with Gasteiger partial charge in [-0.3, -0.25) is 4.79 Å². The van der Waals surface area contributed by atoms with Crippen molar-refractivity contribution >= 4 is 36.0 Å². The van der Waals surface area contributed by atoms with Crippen LogP contribution in [0.3, 0.4) is 0 Å². The number of hydrogen-bond donors (Lipinski definition) is 1. The number of piperidine rings is 1. The normalized spacial score (nSPS) is 15.7. The van der Waals surface area contributed by atoms with Crippen molar-refractivity contribution in [2.75, 3.05) is 26.7 Å². The van der Waals surface area contributed by atoms with Gasteiger partial charge in [-0.2, -0.15) is 0 Å². The molecule has 0 aliphatic carbocycles. The number of hydrogen-bond acceptors (Lipinski definition) is 3. The van der Waals surface area contributed by atoms with E-state index in [0.29, 0.717) is 23.2 Å². The molecule has 2 rings (SSSR count). The molecule has 0 saturated carbocycles. The minimum atomic E-state index is 0. The van der Waals surface area contributed by atoms with E-state index in [1.807, 2.05) is 4.90 Å². The highest BCUT2D eigenvalue weighted by molar-refractivity contribution is 6.30. The van der Waals surface area contributed by atoms with Gasteiger partial charge in [-0.1, -0.05) is 11.6 Å². The molecule has 1 aliphatic rings. The zero-order valence-corrected chi connectivity index (χ0v) is 14.2. The highest BCUT2D eigenvalue weighted by Crippen LogP contribution is 2.24. The topological polar surface area (TPSA) is 55.6 Å². The molecule has 0 unspecified atom stereocenters. The molecule has 2 N–H and O–H groups in total. The predicted octanol–water partition coefficient (Wildman–Crippen LogP) is 2.98. The van der Waals surface area contributed by atoms with Gasteiger partial charge in [0, 0.05) is 29.8 Å². The summed E-state index contributed by atoms with van der Waals surface area (Å²) in [5, 5.41) is 0.617. The van der Waals surface area contributed by atoms with E-state index in [1.54, 1.807) is 37.5 Å². The van der Waals surface area contributed by atoms with Crippen LogP contribution < -0.4 is 10.5 Å². The van der Waals surface area contributed by atoms with Gasteiger partial charge >= 0.3 is 0 Å². The number of carbonyl (C=O) groups is 1. The van der Waals surface area contributed by atoms with Crippen LogP contribution in [0.5, 0.6) is 5.75 Å². The van der Waals surface area contributed by atoms with Gasteiger partial charge in [0.05, 0.1) is 7.11 Å². The van der Waals surface area contributed by atoms with Crippen LogP contribution in [0.1, 0.15) is 18.4 Å². The summed E-state index contributed by atoms with van der Waals surface area (Å²) in [5.41, 5.74) is 6.46. The number of amides is 1. The van der Waals surface area contributed by atoms with Gasteiger partial charge in [0.15, 0.2) is 0 Å². The van der Waals surface area contributed by atoms with Crippen LogP contribution in [0.25, 0.3) is 6.08 Å². The fraction of sp³-hybridized carbons (Fsp3) is 0.438. The van der Waals surface area contributed by atoms with E-state index in [9.17, 15) is 4.79 Å². The zero-order valence-electron chi connectivity index (χ0n) is 12.6. The Bertz CT molecular complexity index is 527. The number of nitrogens with zero attached hydrogens (tertiary/aromatic N) is 1. The summed E-state index contributed by atoms with van der Waals surface area (Å²) in [6.07, 6.45) is 5.30. The third-order valence-corrected chi connectivity index (χ3v) is 4.09. The Labute approximate surface area is 142 Å².